The van der Waals surface area contributed by atoms with Crippen molar-refractivity contribution in [1.29, 1.82) is 0 Å². The van der Waals surface area contributed by atoms with E-state index in [1.54, 1.807) is 17.8 Å². The Bertz CT molecular complexity index is 648. The Morgan fingerprint density at radius 1 is 1.10 bits per heavy atom. The fourth-order valence-corrected chi connectivity index (χ4v) is 2.69. The minimum absolute atomic E-state index is 0.0240. The van der Waals surface area contributed by atoms with Crippen molar-refractivity contribution in [1.82, 2.24) is 0 Å². The number of hydrogen-bond acceptors (Lipinski definition) is 3. The number of carbonyl (C=O) groups is 1. The number of anilines is 1. The maximum absolute atomic E-state index is 12.1. The third kappa shape index (κ3) is 3.99. The smallest absolute Gasteiger partial charge is 0.185 e. The Hall–Kier alpha value is -2.00. The van der Waals surface area contributed by atoms with Gasteiger partial charge in [0, 0.05) is 24.6 Å². The van der Waals surface area contributed by atoms with Gasteiger partial charge in [0.15, 0.2) is 5.78 Å². The van der Waals surface area contributed by atoms with E-state index in [2.05, 4.69) is 23.3 Å². The number of nitrogens with zero attached hydrogens (tertiary/aromatic N) is 1. The first-order chi connectivity index (χ1) is 10.1. The van der Waals surface area contributed by atoms with Gasteiger partial charge in [0.2, 0.25) is 0 Å². The number of rotatable bonds is 5. The molecule has 0 aliphatic rings. The van der Waals surface area contributed by atoms with Crippen LogP contribution in [0.5, 0.6) is 0 Å². The highest BCUT2D eigenvalue weighted by Gasteiger charge is 2.05. The van der Waals surface area contributed by atoms with Gasteiger partial charge in [-0.3, -0.25) is 4.79 Å². The summed E-state index contributed by atoms with van der Waals surface area (Å²) in [6.45, 7) is 0. The van der Waals surface area contributed by atoms with E-state index >= 15 is 0 Å². The van der Waals surface area contributed by atoms with E-state index in [0.717, 1.165) is 11.3 Å². The monoisotopic (exact) mass is 297 g/mol. The molecule has 0 saturated heterocycles. The highest BCUT2D eigenvalue weighted by Crippen LogP contribution is 2.28. The van der Waals surface area contributed by atoms with Gasteiger partial charge >= 0.3 is 0 Å². The molecule has 0 aliphatic heterocycles. The van der Waals surface area contributed by atoms with Crippen LogP contribution in [0.25, 0.3) is 6.08 Å². The van der Waals surface area contributed by atoms with Crippen molar-refractivity contribution >= 4 is 29.3 Å². The Kier molecular flexibility index (Phi) is 5.23. The summed E-state index contributed by atoms with van der Waals surface area (Å²) in [5.74, 6) is 0.0240. The van der Waals surface area contributed by atoms with E-state index in [1.807, 2.05) is 56.6 Å². The lowest BCUT2D eigenvalue weighted by Crippen LogP contribution is -2.09. The average molecular weight is 297 g/mol. The molecule has 0 heterocycles. The zero-order valence-corrected chi connectivity index (χ0v) is 13.4. The summed E-state index contributed by atoms with van der Waals surface area (Å²) in [4.78, 5) is 15.4. The molecule has 0 spiro atoms. The molecule has 2 rings (SSSR count). The third-order valence-electron chi connectivity index (χ3n) is 3.17. The molecule has 0 aromatic heterocycles. The number of allylic oxidation sites excluding steroid dienone is 1. The molecule has 0 fully saturated rings. The van der Waals surface area contributed by atoms with Crippen molar-refractivity contribution in [3.63, 3.8) is 0 Å². The number of benzene rings is 2. The molecular weight excluding hydrogens is 278 g/mol. The minimum atomic E-state index is 0.0240. The fourth-order valence-electron chi connectivity index (χ4n) is 2.03. The number of carbonyl (C=O) groups excluding carboxylic acids is 1. The molecule has 2 aromatic rings. The second-order valence-electron chi connectivity index (χ2n) is 4.89. The van der Waals surface area contributed by atoms with Crippen LogP contribution in [0.2, 0.25) is 0 Å². The number of thioether (sulfide) groups is 1. The summed E-state index contributed by atoms with van der Waals surface area (Å²) in [5, 5.41) is 0. The van der Waals surface area contributed by atoms with Gasteiger partial charge in [-0.15, -0.1) is 11.8 Å². The van der Waals surface area contributed by atoms with Gasteiger partial charge in [-0.1, -0.05) is 42.5 Å². The normalized spacial score (nSPS) is 10.8. The molecule has 0 atom stereocenters. The predicted octanol–water partition coefficient (Wildman–Crippen LogP) is 4.37. The van der Waals surface area contributed by atoms with E-state index in [4.69, 9.17) is 0 Å². The van der Waals surface area contributed by atoms with Crippen LogP contribution in [0, 0.1) is 0 Å². The van der Waals surface area contributed by atoms with E-state index in [0.29, 0.717) is 5.56 Å². The summed E-state index contributed by atoms with van der Waals surface area (Å²) in [7, 11) is 4.05. The summed E-state index contributed by atoms with van der Waals surface area (Å²) >= 11 is 1.72. The van der Waals surface area contributed by atoms with Crippen LogP contribution in [-0.2, 0) is 0 Å². The Balaban J connectivity index is 2.22. The SMILES string of the molecule is CSc1ccc(C=CC(=O)c2ccccc2)cc1N(C)C. The molecular formula is C18H19NOS. The van der Waals surface area contributed by atoms with Crippen LogP contribution in [0.3, 0.4) is 0 Å². The molecule has 0 bridgehead atoms. The van der Waals surface area contributed by atoms with Crippen LogP contribution in [0.15, 0.2) is 59.5 Å². The lowest BCUT2D eigenvalue weighted by molar-refractivity contribution is 0.104. The molecule has 0 saturated carbocycles. The van der Waals surface area contributed by atoms with E-state index in [9.17, 15) is 4.79 Å². The quantitative estimate of drug-likeness (QED) is 0.464. The van der Waals surface area contributed by atoms with Crippen LogP contribution in [-0.4, -0.2) is 26.1 Å². The first-order valence-electron chi connectivity index (χ1n) is 6.74. The summed E-state index contributed by atoms with van der Waals surface area (Å²) in [6, 6.07) is 15.5. The van der Waals surface area contributed by atoms with Gasteiger partial charge in [0.1, 0.15) is 0 Å². The van der Waals surface area contributed by atoms with Crippen molar-refractivity contribution in [3.05, 3.63) is 65.7 Å². The summed E-state index contributed by atoms with van der Waals surface area (Å²) in [5.41, 5.74) is 2.90. The molecule has 2 nitrogen and oxygen atoms in total. The number of hydrogen-bond donors (Lipinski definition) is 0. The van der Waals surface area contributed by atoms with E-state index < -0.39 is 0 Å². The van der Waals surface area contributed by atoms with Crippen molar-refractivity contribution in [2.24, 2.45) is 0 Å². The van der Waals surface area contributed by atoms with Crippen molar-refractivity contribution < 1.29 is 4.79 Å². The molecule has 0 N–H and O–H groups in total. The van der Waals surface area contributed by atoms with Gasteiger partial charge in [-0.2, -0.15) is 0 Å². The molecule has 0 amide bonds. The van der Waals surface area contributed by atoms with Crippen molar-refractivity contribution in [3.8, 4) is 0 Å². The van der Waals surface area contributed by atoms with Crippen molar-refractivity contribution in [2.75, 3.05) is 25.3 Å². The van der Waals surface area contributed by atoms with Crippen LogP contribution < -0.4 is 4.90 Å². The molecule has 21 heavy (non-hydrogen) atoms. The zero-order chi connectivity index (χ0) is 15.2. The Morgan fingerprint density at radius 2 is 1.81 bits per heavy atom. The lowest BCUT2D eigenvalue weighted by Gasteiger charge is -2.16. The van der Waals surface area contributed by atoms with Gasteiger partial charge in [-0.25, -0.2) is 0 Å². The van der Waals surface area contributed by atoms with E-state index in [-0.39, 0.29) is 5.78 Å². The van der Waals surface area contributed by atoms with Crippen LogP contribution >= 0.6 is 11.8 Å². The standard InChI is InChI=1S/C18H19NOS/c1-19(2)16-13-14(10-12-18(16)21-3)9-11-17(20)15-7-5-4-6-8-15/h4-13H,1-3H3. The molecule has 0 unspecified atom stereocenters. The van der Waals surface area contributed by atoms with Gasteiger partial charge < -0.3 is 4.90 Å². The second-order valence-corrected chi connectivity index (χ2v) is 5.74. The van der Waals surface area contributed by atoms with Gasteiger partial charge in [0.25, 0.3) is 0 Å². The largest absolute Gasteiger partial charge is 0.377 e. The zero-order valence-electron chi connectivity index (χ0n) is 12.5. The van der Waals surface area contributed by atoms with Crippen LogP contribution in [0.1, 0.15) is 15.9 Å². The maximum atomic E-state index is 12.1. The molecule has 2 aromatic carbocycles. The van der Waals surface area contributed by atoms with Crippen molar-refractivity contribution in [2.45, 2.75) is 4.90 Å². The van der Waals surface area contributed by atoms with Crippen LogP contribution in [0.4, 0.5) is 5.69 Å². The first-order valence-corrected chi connectivity index (χ1v) is 7.97. The maximum Gasteiger partial charge on any atom is 0.185 e. The lowest BCUT2D eigenvalue weighted by atomic mass is 10.1. The van der Waals surface area contributed by atoms with Gasteiger partial charge in [-0.05, 0) is 30.0 Å². The third-order valence-corrected chi connectivity index (χ3v) is 3.96. The first kappa shape index (κ1) is 15.4. The highest BCUT2D eigenvalue weighted by molar-refractivity contribution is 7.98. The Labute approximate surface area is 130 Å². The summed E-state index contributed by atoms with van der Waals surface area (Å²) in [6.07, 6.45) is 5.56. The summed E-state index contributed by atoms with van der Waals surface area (Å²) < 4.78 is 0. The number of ketones is 1. The van der Waals surface area contributed by atoms with Gasteiger partial charge in [0.05, 0.1) is 5.69 Å². The molecule has 3 heteroatoms. The topological polar surface area (TPSA) is 20.3 Å². The molecule has 108 valence electrons. The predicted molar refractivity (Wildman–Crippen MR) is 92.4 cm³/mol. The molecule has 0 radical (unpaired) electrons. The fraction of sp³-hybridized carbons (Fsp3) is 0.167. The Morgan fingerprint density at radius 3 is 2.43 bits per heavy atom. The second kappa shape index (κ2) is 7.14. The molecule has 0 aliphatic carbocycles. The average Bonchev–Trinajstić information content (AvgIpc) is 2.53. The minimum Gasteiger partial charge on any atom is -0.377 e. The highest BCUT2D eigenvalue weighted by atomic mass is 32.2. The van der Waals surface area contributed by atoms with E-state index in [1.165, 1.54) is 4.90 Å².